The Balaban J connectivity index is 0.00000242. The molecule has 1 atom stereocenters. The van der Waals surface area contributed by atoms with Crippen LogP contribution in [0.4, 0.5) is 0 Å². The van der Waals surface area contributed by atoms with E-state index in [4.69, 9.17) is 0 Å². The monoisotopic (exact) mass is 419 g/mol. The van der Waals surface area contributed by atoms with Gasteiger partial charge in [-0.05, 0) is 37.6 Å². The maximum atomic E-state index is 4.31. The van der Waals surface area contributed by atoms with E-state index in [1.165, 1.54) is 31.4 Å². The Morgan fingerprint density at radius 3 is 2.82 bits per heavy atom. The summed E-state index contributed by atoms with van der Waals surface area (Å²) in [4.78, 5) is 6.88. The molecule has 1 aromatic rings. The number of hydrogen-bond acceptors (Lipinski definition) is 2. The molecule has 1 aromatic heterocycles. The molecule has 2 rings (SSSR count). The Bertz CT molecular complexity index is 457. The molecule has 0 saturated carbocycles. The van der Waals surface area contributed by atoms with E-state index in [0.29, 0.717) is 6.04 Å². The molecule has 0 aromatic carbocycles. The SMILES string of the molecule is CCN1CCCCC1CNC(=NC)NCc1ccn(C)c1.I. The number of halogens is 1. The summed E-state index contributed by atoms with van der Waals surface area (Å²) >= 11 is 0. The van der Waals surface area contributed by atoms with Gasteiger partial charge in [0.05, 0.1) is 0 Å². The first kappa shape index (κ1) is 19.3. The number of piperidine rings is 1. The van der Waals surface area contributed by atoms with Crippen LogP contribution < -0.4 is 10.6 Å². The minimum absolute atomic E-state index is 0. The molecule has 6 heteroatoms. The zero-order valence-electron chi connectivity index (χ0n) is 14.0. The molecule has 126 valence electrons. The molecule has 1 aliphatic rings. The van der Waals surface area contributed by atoms with E-state index in [-0.39, 0.29) is 24.0 Å². The Kier molecular flexibility index (Phi) is 8.85. The molecule has 2 heterocycles. The second-order valence-corrected chi connectivity index (χ2v) is 5.77. The first-order chi connectivity index (χ1) is 10.2. The maximum Gasteiger partial charge on any atom is 0.191 e. The smallest absolute Gasteiger partial charge is 0.191 e. The minimum atomic E-state index is 0. The molecule has 0 bridgehead atoms. The van der Waals surface area contributed by atoms with Gasteiger partial charge in [0, 0.05) is 45.6 Å². The maximum absolute atomic E-state index is 4.31. The van der Waals surface area contributed by atoms with Crippen LogP contribution in [0.2, 0.25) is 0 Å². The van der Waals surface area contributed by atoms with Crippen LogP contribution in [0.5, 0.6) is 0 Å². The van der Waals surface area contributed by atoms with Crippen molar-refractivity contribution in [3.63, 3.8) is 0 Å². The molecule has 1 saturated heterocycles. The number of aromatic nitrogens is 1. The number of aryl methyl sites for hydroxylation is 1. The summed E-state index contributed by atoms with van der Waals surface area (Å²) in [7, 11) is 3.87. The van der Waals surface area contributed by atoms with E-state index in [1.54, 1.807) is 0 Å². The van der Waals surface area contributed by atoms with Crippen molar-refractivity contribution in [2.45, 2.75) is 38.8 Å². The third kappa shape index (κ3) is 5.79. The highest BCUT2D eigenvalue weighted by atomic mass is 127. The number of nitrogens with zero attached hydrogens (tertiary/aromatic N) is 3. The third-order valence-corrected chi connectivity index (χ3v) is 4.24. The summed E-state index contributed by atoms with van der Waals surface area (Å²) in [5.74, 6) is 0.889. The lowest BCUT2D eigenvalue weighted by Crippen LogP contribution is -2.48. The first-order valence-corrected chi connectivity index (χ1v) is 8.02. The number of likely N-dealkylation sites (tertiary alicyclic amines) is 1. The predicted octanol–water partition coefficient (Wildman–Crippen LogP) is 2.18. The quantitative estimate of drug-likeness (QED) is 0.437. The zero-order valence-corrected chi connectivity index (χ0v) is 16.3. The molecular formula is C16H30IN5. The predicted molar refractivity (Wildman–Crippen MR) is 104 cm³/mol. The first-order valence-electron chi connectivity index (χ1n) is 8.02. The second kappa shape index (κ2) is 10.1. The fourth-order valence-electron chi connectivity index (χ4n) is 2.99. The average molecular weight is 419 g/mol. The average Bonchev–Trinajstić information content (AvgIpc) is 2.93. The summed E-state index contributed by atoms with van der Waals surface area (Å²) in [5, 5.41) is 6.85. The van der Waals surface area contributed by atoms with E-state index in [1.807, 2.05) is 14.1 Å². The normalized spacial score (nSPS) is 19.6. The molecule has 5 nitrogen and oxygen atoms in total. The zero-order chi connectivity index (χ0) is 15.1. The molecule has 1 fully saturated rings. The minimum Gasteiger partial charge on any atom is -0.357 e. The highest BCUT2D eigenvalue weighted by molar-refractivity contribution is 14.0. The summed E-state index contributed by atoms with van der Waals surface area (Å²) in [6.07, 6.45) is 8.16. The number of aliphatic imine (C=N–C) groups is 1. The molecular weight excluding hydrogens is 389 g/mol. The van der Waals surface area contributed by atoms with Crippen molar-refractivity contribution in [2.24, 2.45) is 12.0 Å². The van der Waals surface area contributed by atoms with E-state index in [0.717, 1.165) is 25.6 Å². The van der Waals surface area contributed by atoms with E-state index in [9.17, 15) is 0 Å². The summed E-state index contributed by atoms with van der Waals surface area (Å²) < 4.78 is 2.06. The van der Waals surface area contributed by atoms with Crippen molar-refractivity contribution < 1.29 is 0 Å². The van der Waals surface area contributed by atoms with E-state index >= 15 is 0 Å². The van der Waals surface area contributed by atoms with Crippen molar-refractivity contribution >= 4 is 29.9 Å². The van der Waals surface area contributed by atoms with Crippen molar-refractivity contribution in [3.8, 4) is 0 Å². The number of rotatable bonds is 5. The van der Waals surface area contributed by atoms with Gasteiger partial charge in [-0.15, -0.1) is 24.0 Å². The van der Waals surface area contributed by atoms with Gasteiger partial charge in [0.15, 0.2) is 5.96 Å². The second-order valence-electron chi connectivity index (χ2n) is 5.77. The molecule has 1 unspecified atom stereocenters. The molecule has 0 radical (unpaired) electrons. The van der Waals surface area contributed by atoms with Crippen LogP contribution in [-0.4, -0.2) is 48.2 Å². The van der Waals surface area contributed by atoms with Gasteiger partial charge < -0.3 is 15.2 Å². The lowest BCUT2D eigenvalue weighted by atomic mass is 10.0. The lowest BCUT2D eigenvalue weighted by molar-refractivity contribution is 0.157. The summed E-state index contributed by atoms with van der Waals surface area (Å²) in [6, 6.07) is 2.76. The fraction of sp³-hybridized carbons (Fsp3) is 0.688. The topological polar surface area (TPSA) is 44.6 Å². The van der Waals surface area contributed by atoms with Gasteiger partial charge in [-0.3, -0.25) is 9.89 Å². The van der Waals surface area contributed by atoms with E-state index < -0.39 is 0 Å². The summed E-state index contributed by atoms with van der Waals surface area (Å²) in [6.45, 7) is 6.41. The molecule has 2 N–H and O–H groups in total. The molecule has 0 spiro atoms. The van der Waals surface area contributed by atoms with Crippen molar-refractivity contribution in [3.05, 3.63) is 24.0 Å². The van der Waals surface area contributed by atoms with Crippen LogP contribution in [0.25, 0.3) is 0 Å². The van der Waals surface area contributed by atoms with Gasteiger partial charge in [0.25, 0.3) is 0 Å². The van der Waals surface area contributed by atoms with Crippen LogP contribution in [0, 0.1) is 0 Å². The highest BCUT2D eigenvalue weighted by Crippen LogP contribution is 2.15. The Labute approximate surface area is 151 Å². The van der Waals surface area contributed by atoms with Gasteiger partial charge in [-0.2, -0.15) is 0 Å². The third-order valence-electron chi connectivity index (χ3n) is 4.24. The van der Waals surface area contributed by atoms with Gasteiger partial charge in [0.1, 0.15) is 0 Å². The number of hydrogen-bond donors (Lipinski definition) is 2. The van der Waals surface area contributed by atoms with Crippen LogP contribution in [0.1, 0.15) is 31.7 Å². The van der Waals surface area contributed by atoms with Gasteiger partial charge >= 0.3 is 0 Å². The van der Waals surface area contributed by atoms with Crippen molar-refractivity contribution in [2.75, 3.05) is 26.7 Å². The fourth-order valence-corrected chi connectivity index (χ4v) is 2.99. The van der Waals surface area contributed by atoms with Crippen LogP contribution in [0.3, 0.4) is 0 Å². The molecule has 0 aliphatic carbocycles. The Morgan fingerprint density at radius 2 is 2.18 bits per heavy atom. The Morgan fingerprint density at radius 1 is 1.36 bits per heavy atom. The van der Waals surface area contributed by atoms with Crippen molar-refractivity contribution in [1.82, 2.24) is 20.1 Å². The molecule has 0 amide bonds. The number of nitrogens with one attached hydrogen (secondary N) is 2. The van der Waals surface area contributed by atoms with Crippen LogP contribution >= 0.6 is 24.0 Å². The number of likely N-dealkylation sites (N-methyl/N-ethyl adjacent to an activating group) is 1. The summed E-state index contributed by atoms with van der Waals surface area (Å²) in [5.41, 5.74) is 1.27. The largest absolute Gasteiger partial charge is 0.357 e. The standard InChI is InChI=1S/C16H29N5.HI/c1-4-21-9-6-5-7-15(21)12-19-16(17-2)18-11-14-8-10-20(3)13-14;/h8,10,13,15H,4-7,9,11-12H2,1-3H3,(H2,17,18,19);1H. The number of guanidine groups is 1. The van der Waals surface area contributed by atoms with Crippen LogP contribution in [0.15, 0.2) is 23.5 Å². The van der Waals surface area contributed by atoms with Gasteiger partial charge in [-0.1, -0.05) is 13.3 Å². The van der Waals surface area contributed by atoms with E-state index in [2.05, 4.69) is 50.5 Å². The lowest BCUT2D eigenvalue weighted by Gasteiger charge is -2.35. The molecule has 22 heavy (non-hydrogen) atoms. The Hall–Kier alpha value is -0.760. The van der Waals surface area contributed by atoms with Gasteiger partial charge in [0.2, 0.25) is 0 Å². The van der Waals surface area contributed by atoms with Crippen LogP contribution in [-0.2, 0) is 13.6 Å². The highest BCUT2D eigenvalue weighted by Gasteiger charge is 2.20. The molecule has 1 aliphatic heterocycles. The van der Waals surface area contributed by atoms with Gasteiger partial charge in [-0.25, -0.2) is 0 Å². The van der Waals surface area contributed by atoms with Crippen molar-refractivity contribution in [1.29, 1.82) is 0 Å².